The third kappa shape index (κ3) is 3.55. The van der Waals surface area contributed by atoms with Gasteiger partial charge in [-0.1, -0.05) is 6.07 Å². The topological polar surface area (TPSA) is 65.5 Å². The Balaban J connectivity index is 2.00. The van der Waals surface area contributed by atoms with Crippen LogP contribution in [0.5, 0.6) is 0 Å². The molecule has 2 amide bonds. The lowest BCUT2D eigenvalue weighted by Crippen LogP contribution is -2.33. The predicted molar refractivity (Wildman–Crippen MR) is 85.4 cm³/mol. The Morgan fingerprint density at radius 3 is 2.77 bits per heavy atom. The highest BCUT2D eigenvalue weighted by Crippen LogP contribution is 2.18. The van der Waals surface area contributed by atoms with Gasteiger partial charge in [0.15, 0.2) is 0 Å². The minimum atomic E-state index is -0.244. The van der Waals surface area contributed by atoms with E-state index in [1.165, 1.54) is 0 Å². The molecule has 22 heavy (non-hydrogen) atoms. The monoisotopic (exact) mass is 304 g/mol. The van der Waals surface area contributed by atoms with Crippen LogP contribution in [0.3, 0.4) is 0 Å². The molecular formula is C16H24N4O2. The first-order valence-corrected chi connectivity index (χ1v) is 7.77. The fourth-order valence-electron chi connectivity index (χ4n) is 2.74. The molecule has 0 unspecified atom stereocenters. The number of anilines is 1. The molecule has 1 N–H and O–H groups in total. The van der Waals surface area contributed by atoms with Crippen molar-refractivity contribution in [1.82, 2.24) is 15.2 Å². The van der Waals surface area contributed by atoms with Crippen molar-refractivity contribution in [3.63, 3.8) is 0 Å². The van der Waals surface area contributed by atoms with Crippen LogP contribution in [0.4, 0.5) is 5.82 Å². The van der Waals surface area contributed by atoms with Gasteiger partial charge in [0.2, 0.25) is 11.8 Å². The minimum Gasteiger partial charge on any atom is -0.357 e. The summed E-state index contributed by atoms with van der Waals surface area (Å²) in [6.07, 6.45) is 2.07. The molecular weight excluding hydrogens is 280 g/mol. The average Bonchev–Trinajstić information content (AvgIpc) is 2.87. The molecule has 6 nitrogen and oxygen atoms in total. The zero-order chi connectivity index (χ0) is 16.1. The molecule has 6 heteroatoms. The van der Waals surface area contributed by atoms with Crippen molar-refractivity contribution >= 4 is 17.6 Å². The quantitative estimate of drug-likeness (QED) is 0.852. The van der Waals surface area contributed by atoms with E-state index in [1.807, 2.05) is 12.1 Å². The second-order valence-corrected chi connectivity index (χ2v) is 5.55. The molecule has 1 atom stereocenters. The van der Waals surface area contributed by atoms with Crippen molar-refractivity contribution in [3.8, 4) is 0 Å². The van der Waals surface area contributed by atoms with Gasteiger partial charge in [0, 0.05) is 51.4 Å². The molecule has 1 aliphatic heterocycles. The second kappa shape index (κ2) is 7.24. The van der Waals surface area contributed by atoms with Gasteiger partial charge in [-0.3, -0.25) is 9.59 Å². The van der Waals surface area contributed by atoms with Gasteiger partial charge in [0.1, 0.15) is 5.82 Å². The maximum atomic E-state index is 12.2. The van der Waals surface area contributed by atoms with E-state index in [9.17, 15) is 9.59 Å². The van der Waals surface area contributed by atoms with E-state index in [0.29, 0.717) is 19.5 Å². The van der Waals surface area contributed by atoms with Crippen LogP contribution in [0.2, 0.25) is 0 Å². The van der Waals surface area contributed by atoms with Crippen molar-refractivity contribution in [3.05, 3.63) is 23.9 Å². The van der Waals surface area contributed by atoms with Gasteiger partial charge < -0.3 is 15.1 Å². The molecule has 0 aliphatic carbocycles. The number of carbonyl (C=O) groups excluding carboxylic acids is 2. The lowest BCUT2D eigenvalue weighted by atomic mass is 10.1. The first-order valence-electron chi connectivity index (χ1n) is 7.77. The minimum absolute atomic E-state index is 0.0327. The number of nitrogens with zero attached hydrogens (tertiary/aromatic N) is 3. The highest BCUT2D eigenvalue weighted by Gasteiger charge is 2.31. The number of carbonyl (C=O) groups is 2. The summed E-state index contributed by atoms with van der Waals surface area (Å²) in [4.78, 5) is 31.9. The first-order chi connectivity index (χ1) is 10.6. The van der Waals surface area contributed by atoms with Gasteiger partial charge in [-0.25, -0.2) is 4.98 Å². The molecule has 1 aliphatic rings. The van der Waals surface area contributed by atoms with E-state index in [2.05, 4.69) is 29.0 Å². The molecule has 2 rings (SSSR count). The summed E-state index contributed by atoms with van der Waals surface area (Å²) in [6.45, 7) is 6.85. The van der Waals surface area contributed by atoms with E-state index in [1.54, 1.807) is 18.1 Å². The Labute approximate surface area is 131 Å². The van der Waals surface area contributed by atoms with Gasteiger partial charge >= 0.3 is 0 Å². The second-order valence-electron chi connectivity index (χ2n) is 5.55. The Morgan fingerprint density at radius 2 is 2.18 bits per heavy atom. The summed E-state index contributed by atoms with van der Waals surface area (Å²) in [5, 5.41) is 2.94. The first kappa shape index (κ1) is 16.3. The largest absolute Gasteiger partial charge is 0.357 e. The maximum absolute atomic E-state index is 12.2. The molecule has 0 aromatic carbocycles. The van der Waals surface area contributed by atoms with Crippen LogP contribution in [0.25, 0.3) is 0 Å². The lowest BCUT2D eigenvalue weighted by Gasteiger charge is -2.23. The highest BCUT2D eigenvalue weighted by atomic mass is 16.2. The van der Waals surface area contributed by atoms with Crippen LogP contribution in [-0.2, 0) is 16.1 Å². The number of hydrogen-bond acceptors (Lipinski definition) is 4. The van der Waals surface area contributed by atoms with Gasteiger partial charge in [-0.2, -0.15) is 0 Å². The van der Waals surface area contributed by atoms with E-state index < -0.39 is 0 Å². The highest BCUT2D eigenvalue weighted by molar-refractivity contribution is 5.89. The van der Waals surface area contributed by atoms with Crippen LogP contribution in [0, 0.1) is 5.92 Å². The summed E-state index contributed by atoms with van der Waals surface area (Å²) in [7, 11) is 1.73. The SMILES string of the molecule is CCN(CC)c1ncccc1CNC(=O)[C@H]1CC(=O)N(C)C1. The Hall–Kier alpha value is -2.11. The number of likely N-dealkylation sites (tertiary alicyclic amines) is 1. The van der Waals surface area contributed by atoms with Crippen molar-refractivity contribution in [1.29, 1.82) is 0 Å². The van der Waals surface area contributed by atoms with E-state index in [4.69, 9.17) is 0 Å². The Morgan fingerprint density at radius 1 is 1.45 bits per heavy atom. The normalized spacial score (nSPS) is 17.7. The van der Waals surface area contributed by atoms with Crippen LogP contribution in [-0.4, -0.2) is 48.4 Å². The van der Waals surface area contributed by atoms with Crippen LogP contribution < -0.4 is 10.2 Å². The van der Waals surface area contributed by atoms with Crippen molar-refractivity contribution < 1.29 is 9.59 Å². The van der Waals surface area contributed by atoms with Gasteiger partial charge in [-0.05, 0) is 19.9 Å². The zero-order valence-corrected chi connectivity index (χ0v) is 13.5. The number of aromatic nitrogens is 1. The third-order valence-electron chi connectivity index (χ3n) is 4.10. The predicted octanol–water partition coefficient (Wildman–Crippen LogP) is 1.02. The number of pyridine rings is 1. The molecule has 1 aromatic heterocycles. The fraction of sp³-hybridized carbons (Fsp3) is 0.562. The van der Waals surface area contributed by atoms with E-state index in [-0.39, 0.29) is 17.7 Å². The average molecular weight is 304 g/mol. The molecule has 1 fully saturated rings. The summed E-state index contributed by atoms with van der Waals surface area (Å²) in [5.74, 6) is 0.635. The molecule has 0 spiro atoms. The lowest BCUT2D eigenvalue weighted by molar-refractivity contribution is -0.128. The van der Waals surface area contributed by atoms with Crippen LogP contribution in [0.15, 0.2) is 18.3 Å². The summed E-state index contributed by atoms with van der Waals surface area (Å²) >= 11 is 0. The van der Waals surface area contributed by atoms with E-state index in [0.717, 1.165) is 24.5 Å². The summed E-state index contributed by atoms with van der Waals surface area (Å²) < 4.78 is 0. The van der Waals surface area contributed by atoms with E-state index >= 15 is 0 Å². The fourth-order valence-corrected chi connectivity index (χ4v) is 2.74. The molecule has 0 bridgehead atoms. The van der Waals surface area contributed by atoms with Crippen molar-refractivity contribution in [2.75, 3.05) is 31.6 Å². The van der Waals surface area contributed by atoms with Gasteiger partial charge in [-0.15, -0.1) is 0 Å². The number of amides is 2. The molecule has 0 radical (unpaired) electrons. The number of rotatable bonds is 6. The van der Waals surface area contributed by atoms with Crippen LogP contribution in [0.1, 0.15) is 25.8 Å². The summed E-state index contributed by atoms with van der Waals surface area (Å²) in [6, 6.07) is 3.86. The van der Waals surface area contributed by atoms with Crippen LogP contribution >= 0.6 is 0 Å². The Bertz CT molecular complexity index is 543. The molecule has 120 valence electrons. The smallest absolute Gasteiger partial charge is 0.225 e. The number of nitrogens with one attached hydrogen (secondary N) is 1. The van der Waals surface area contributed by atoms with Crippen molar-refractivity contribution in [2.45, 2.75) is 26.8 Å². The standard InChI is InChI=1S/C16H24N4O2/c1-4-20(5-2)15-12(7-6-8-17-15)10-18-16(22)13-9-14(21)19(3)11-13/h6-8,13H,4-5,9-11H2,1-3H3,(H,18,22)/t13-/m0/s1. The Kier molecular flexibility index (Phi) is 5.35. The van der Waals surface area contributed by atoms with Crippen molar-refractivity contribution in [2.24, 2.45) is 5.92 Å². The van der Waals surface area contributed by atoms with Gasteiger partial charge in [0.25, 0.3) is 0 Å². The molecule has 2 heterocycles. The molecule has 0 saturated carbocycles. The molecule has 1 saturated heterocycles. The maximum Gasteiger partial charge on any atom is 0.225 e. The third-order valence-corrected chi connectivity index (χ3v) is 4.10. The zero-order valence-electron chi connectivity index (χ0n) is 13.5. The summed E-state index contributed by atoms with van der Waals surface area (Å²) in [5.41, 5.74) is 0.997. The number of hydrogen-bond donors (Lipinski definition) is 1. The molecule has 1 aromatic rings. The van der Waals surface area contributed by atoms with Gasteiger partial charge in [0.05, 0.1) is 5.92 Å².